The number of carbonyl (C=O) groups is 1. The minimum absolute atomic E-state index is 0.0106. The number of benzene rings is 1. The van der Waals surface area contributed by atoms with Crippen molar-refractivity contribution in [2.24, 2.45) is 0 Å². The molecule has 1 heterocycles. The van der Waals surface area contributed by atoms with Crippen molar-refractivity contribution in [2.45, 2.75) is 31.2 Å². The van der Waals surface area contributed by atoms with Gasteiger partial charge in [-0.3, -0.25) is 4.79 Å². The number of thioether (sulfide) groups is 1. The minimum atomic E-state index is -2.85. The number of nitrogens with zero attached hydrogens (tertiary/aromatic N) is 1. The molecular formula is C15H20F2N2O2S. The first kappa shape index (κ1) is 16.9. The molecule has 122 valence electrons. The van der Waals surface area contributed by atoms with Gasteiger partial charge in [0.05, 0.1) is 10.9 Å². The molecule has 1 aliphatic rings. The normalized spacial score (nSPS) is 19.3. The van der Waals surface area contributed by atoms with Crippen molar-refractivity contribution in [3.63, 3.8) is 0 Å². The largest absolute Gasteiger partial charge is 0.433 e. The summed E-state index contributed by atoms with van der Waals surface area (Å²) in [5.41, 5.74) is 0.637. The van der Waals surface area contributed by atoms with Gasteiger partial charge in [-0.1, -0.05) is 12.1 Å². The summed E-state index contributed by atoms with van der Waals surface area (Å²) in [6.07, 6.45) is 2.68. The summed E-state index contributed by atoms with van der Waals surface area (Å²) >= 11 is 1.49. The van der Waals surface area contributed by atoms with Crippen LogP contribution in [-0.4, -0.2) is 43.2 Å². The van der Waals surface area contributed by atoms with E-state index in [2.05, 4.69) is 10.1 Å². The van der Waals surface area contributed by atoms with Crippen molar-refractivity contribution in [3.8, 4) is 5.75 Å². The van der Waals surface area contributed by atoms with Gasteiger partial charge in [-0.05, 0) is 31.7 Å². The van der Waals surface area contributed by atoms with E-state index in [1.165, 1.54) is 17.8 Å². The fourth-order valence-electron chi connectivity index (χ4n) is 2.44. The zero-order valence-corrected chi connectivity index (χ0v) is 13.4. The minimum Gasteiger partial charge on any atom is -0.433 e. The number of rotatable bonds is 6. The second-order valence-electron chi connectivity index (χ2n) is 5.16. The van der Waals surface area contributed by atoms with Gasteiger partial charge >= 0.3 is 6.61 Å². The lowest BCUT2D eigenvalue weighted by atomic mass is 10.2. The van der Waals surface area contributed by atoms with Gasteiger partial charge in [0.15, 0.2) is 0 Å². The van der Waals surface area contributed by atoms with E-state index in [-0.39, 0.29) is 22.9 Å². The molecule has 0 spiro atoms. The second kappa shape index (κ2) is 7.67. The second-order valence-corrected chi connectivity index (χ2v) is 6.34. The standard InChI is InChI=1S/C15H20F2N2O2S/c1-10(22-2)14(20)18-11-7-8-19(9-11)12-5-3-4-6-13(12)21-15(16)17/h3-6,10-11,15H,7-9H2,1-2H3,(H,18,20)/t10-,11-/m1/s1. The lowest BCUT2D eigenvalue weighted by Gasteiger charge is -2.22. The molecular weight excluding hydrogens is 310 g/mol. The smallest absolute Gasteiger partial charge is 0.387 e. The molecule has 2 rings (SSSR count). The SMILES string of the molecule is CS[C@H](C)C(=O)N[C@@H]1CCN(c2ccccc2OC(F)F)C1. The highest BCUT2D eigenvalue weighted by molar-refractivity contribution is 7.99. The highest BCUT2D eigenvalue weighted by atomic mass is 32.2. The van der Waals surface area contributed by atoms with Gasteiger partial charge in [0.1, 0.15) is 5.75 Å². The van der Waals surface area contributed by atoms with E-state index in [0.717, 1.165) is 6.42 Å². The summed E-state index contributed by atoms with van der Waals surface area (Å²) in [5.74, 6) is 0.179. The summed E-state index contributed by atoms with van der Waals surface area (Å²) in [7, 11) is 0. The molecule has 0 saturated carbocycles. The van der Waals surface area contributed by atoms with Crippen LogP contribution in [-0.2, 0) is 4.79 Å². The fourth-order valence-corrected chi connectivity index (χ4v) is 2.72. The lowest BCUT2D eigenvalue weighted by molar-refractivity contribution is -0.120. The Balaban J connectivity index is 2.00. The number of carbonyl (C=O) groups excluding carboxylic acids is 1. The highest BCUT2D eigenvalue weighted by Crippen LogP contribution is 2.31. The van der Waals surface area contributed by atoms with Crippen molar-refractivity contribution in [2.75, 3.05) is 24.2 Å². The van der Waals surface area contributed by atoms with Crippen LogP contribution < -0.4 is 15.0 Å². The van der Waals surface area contributed by atoms with Crippen molar-refractivity contribution in [1.82, 2.24) is 5.32 Å². The Hall–Kier alpha value is -1.50. The Bertz CT molecular complexity index is 516. The van der Waals surface area contributed by atoms with E-state index in [9.17, 15) is 13.6 Å². The highest BCUT2D eigenvalue weighted by Gasteiger charge is 2.27. The maximum atomic E-state index is 12.5. The summed E-state index contributed by atoms with van der Waals surface area (Å²) in [5, 5.41) is 2.91. The first-order valence-corrected chi connectivity index (χ1v) is 8.42. The summed E-state index contributed by atoms with van der Waals surface area (Å²) in [6, 6.07) is 6.77. The van der Waals surface area contributed by atoms with Crippen molar-refractivity contribution in [3.05, 3.63) is 24.3 Å². The number of ether oxygens (including phenoxy) is 1. The van der Waals surface area contributed by atoms with E-state index in [4.69, 9.17) is 0 Å². The van der Waals surface area contributed by atoms with Gasteiger partial charge in [0, 0.05) is 19.1 Å². The first-order valence-electron chi connectivity index (χ1n) is 7.13. The van der Waals surface area contributed by atoms with Crippen LogP contribution in [0.5, 0.6) is 5.75 Å². The molecule has 1 fully saturated rings. The Kier molecular flexibility index (Phi) is 5.88. The molecule has 1 amide bonds. The molecule has 1 aromatic rings. The molecule has 1 saturated heterocycles. The van der Waals surface area contributed by atoms with Crippen molar-refractivity contribution >= 4 is 23.4 Å². The molecule has 22 heavy (non-hydrogen) atoms. The molecule has 0 unspecified atom stereocenters. The van der Waals surface area contributed by atoms with Crippen LogP contribution in [0, 0.1) is 0 Å². The van der Waals surface area contributed by atoms with E-state index < -0.39 is 6.61 Å². The van der Waals surface area contributed by atoms with Crippen molar-refractivity contribution in [1.29, 1.82) is 0 Å². The van der Waals surface area contributed by atoms with Crippen LogP contribution in [0.1, 0.15) is 13.3 Å². The Labute approximate surface area is 133 Å². The predicted molar refractivity (Wildman–Crippen MR) is 84.8 cm³/mol. The number of hydrogen-bond acceptors (Lipinski definition) is 4. The summed E-state index contributed by atoms with van der Waals surface area (Å²) in [6.45, 7) is 0.304. The first-order chi connectivity index (χ1) is 10.5. The Morgan fingerprint density at radius 2 is 2.18 bits per heavy atom. The van der Waals surface area contributed by atoms with Crippen LogP contribution in [0.4, 0.5) is 14.5 Å². The molecule has 0 bridgehead atoms. The van der Waals surface area contributed by atoms with E-state index in [1.807, 2.05) is 18.1 Å². The molecule has 1 aromatic carbocycles. The number of para-hydroxylation sites is 2. The van der Waals surface area contributed by atoms with Crippen LogP contribution in [0.15, 0.2) is 24.3 Å². The molecule has 0 aromatic heterocycles. The Morgan fingerprint density at radius 1 is 1.45 bits per heavy atom. The maximum absolute atomic E-state index is 12.5. The molecule has 0 radical (unpaired) electrons. The summed E-state index contributed by atoms with van der Waals surface area (Å²) in [4.78, 5) is 13.9. The molecule has 1 aliphatic heterocycles. The average molecular weight is 330 g/mol. The average Bonchev–Trinajstić information content (AvgIpc) is 2.94. The van der Waals surface area contributed by atoms with Crippen LogP contribution in [0.3, 0.4) is 0 Å². The van der Waals surface area contributed by atoms with Gasteiger partial charge in [-0.25, -0.2) is 0 Å². The van der Waals surface area contributed by atoms with Crippen molar-refractivity contribution < 1.29 is 18.3 Å². The molecule has 7 heteroatoms. The lowest BCUT2D eigenvalue weighted by Crippen LogP contribution is -2.40. The third-order valence-electron chi connectivity index (χ3n) is 3.68. The molecule has 4 nitrogen and oxygen atoms in total. The van der Waals surface area contributed by atoms with Gasteiger partial charge in [0.25, 0.3) is 0 Å². The quantitative estimate of drug-likeness (QED) is 0.871. The predicted octanol–water partition coefficient (Wildman–Crippen LogP) is 2.73. The zero-order valence-electron chi connectivity index (χ0n) is 12.6. The van der Waals surface area contributed by atoms with Crippen LogP contribution >= 0.6 is 11.8 Å². The monoisotopic (exact) mass is 330 g/mol. The zero-order chi connectivity index (χ0) is 16.1. The van der Waals surface area contributed by atoms with E-state index in [1.54, 1.807) is 18.2 Å². The van der Waals surface area contributed by atoms with Gasteiger partial charge in [-0.2, -0.15) is 20.5 Å². The van der Waals surface area contributed by atoms with Crippen LogP contribution in [0.25, 0.3) is 0 Å². The molecule has 1 N–H and O–H groups in total. The number of alkyl halides is 2. The number of anilines is 1. The third-order valence-corrected chi connectivity index (χ3v) is 4.60. The van der Waals surface area contributed by atoms with Gasteiger partial charge < -0.3 is 15.0 Å². The molecule has 2 atom stereocenters. The van der Waals surface area contributed by atoms with E-state index >= 15 is 0 Å². The topological polar surface area (TPSA) is 41.6 Å². The van der Waals surface area contributed by atoms with E-state index in [0.29, 0.717) is 18.8 Å². The molecule has 0 aliphatic carbocycles. The van der Waals surface area contributed by atoms with Gasteiger partial charge in [0.2, 0.25) is 5.91 Å². The Morgan fingerprint density at radius 3 is 2.86 bits per heavy atom. The number of amides is 1. The number of hydrogen-bond donors (Lipinski definition) is 1. The maximum Gasteiger partial charge on any atom is 0.387 e. The number of halogens is 2. The van der Waals surface area contributed by atoms with Gasteiger partial charge in [-0.15, -0.1) is 0 Å². The fraction of sp³-hybridized carbons (Fsp3) is 0.533. The number of nitrogens with one attached hydrogen (secondary N) is 1. The summed E-state index contributed by atoms with van der Waals surface area (Å²) < 4.78 is 29.5. The van der Waals surface area contributed by atoms with Crippen LogP contribution in [0.2, 0.25) is 0 Å². The third kappa shape index (κ3) is 4.25.